The van der Waals surface area contributed by atoms with E-state index in [4.69, 9.17) is 31.5 Å². The van der Waals surface area contributed by atoms with Gasteiger partial charge in [-0.15, -0.1) is 0 Å². The molecule has 1 atom stereocenters. The van der Waals surface area contributed by atoms with Gasteiger partial charge in [0.25, 0.3) is 0 Å². The molecule has 1 heterocycles. The maximum Gasteiger partial charge on any atom is 0.336 e. The topological polar surface area (TPSA) is 99.9 Å². The number of carbonyl (C=O) groups excluding carboxylic acids is 2. The van der Waals surface area contributed by atoms with Crippen LogP contribution in [0.5, 0.6) is 0 Å². The number of dihydropyridines is 1. The van der Waals surface area contributed by atoms with Crippen LogP contribution in [-0.2, 0) is 23.8 Å². The molecule has 0 bridgehead atoms. The summed E-state index contributed by atoms with van der Waals surface area (Å²) in [6, 6.07) is 6.95. The first-order valence-corrected chi connectivity index (χ1v) is 9.31. The molecule has 0 fully saturated rings. The molecule has 0 radical (unpaired) electrons. The largest absolute Gasteiger partial charge is 0.466 e. The molecule has 3 N–H and O–H groups in total. The molecular formula is C20H25ClN2O5. The fourth-order valence-electron chi connectivity index (χ4n) is 3.09. The minimum Gasteiger partial charge on any atom is -0.466 e. The molecule has 1 aromatic rings. The summed E-state index contributed by atoms with van der Waals surface area (Å²) in [5.41, 5.74) is 7.93. The Hall–Kier alpha value is -2.35. The van der Waals surface area contributed by atoms with E-state index in [-0.39, 0.29) is 13.2 Å². The molecule has 0 spiro atoms. The number of rotatable bonds is 8. The molecule has 0 aliphatic carbocycles. The van der Waals surface area contributed by atoms with Gasteiger partial charge in [0.2, 0.25) is 0 Å². The van der Waals surface area contributed by atoms with Crippen LogP contribution in [0, 0.1) is 0 Å². The van der Waals surface area contributed by atoms with E-state index >= 15 is 0 Å². The van der Waals surface area contributed by atoms with E-state index in [0.29, 0.717) is 46.3 Å². The quantitative estimate of drug-likeness (QED) is 0.502. The Morgan fingerprint density at radius 1 is 1.18 bits per heavy atom. The Balaban J connectivity index is 2.63. The van der Waals surface area contributed by atoms with Gasteiger partial charge in [-0.1, -0.05) is 23.7 Å². The standard InChI is InChI=1S/C20H25ClN2O5/c1-4-28-20(25)18-15(11-27-10-9-22)23-12(2)16(19(24)26-3)17(18)13-5-7-14(21)8-6-13/h5-8,17,23H,4,9-11,22H2,1-3H3. The molecule has 1 aromatic carbocycles. The van der Waals surface area contributed by atoms with E-state index in [1.807, 2.05) is 0 Å². The zero-order valence-electron chi connectivity index (χ0n) is 16.2. The van der Waals surface area contributed by atoms with Gasteiger partial charge in [0, 0.05) is 17.3 Å². The van der Waals surface area contributed by atoms with Crippen LogP contribution < -0.4 is 11.1 Å². The third-order valence-electron chi connectivity index (χ3n) is 4.26. The van der Waals surface area contributed by atoms with Crippen molar-refractivity contribution < 1.29 is 23.8 Å². The molecule has 1 unspecified atom stereocenters. The van der Waals surface area contributed by atoms with Crippen molar-refractivity contribution >= 4 is 23.5 Å². The fraction of sp³-hybridized carbons (Fsp3) is 0.400. The fourth-order valence-corrected chi connectivity index (χ4v) is 3.21. The third kappa shape index (κ3) is 4.92. The summed E-state index contributed by atoms with van der Waals surface area (Å²) in [4.78, 5) is 25.4. The van der Waals surface area contributed by atoms with Crippen LogP contribution in [0.4, 0.5) is 0 Å². The van der Waals surface area contributed by atoms with Crippen LogP contribution in [0.25, 0.3) is 0 Å². The molecule has 0 saturated carbocycles. The molecule has 8 heteroatoms. The average Bonchev–Trinajstić information content (AvgIpc) is 2.68. The molecule has 152 valence electrons. The Bertz CT molecular complexity index is 786. The number of hydrogen-bond acceptors (Lipinski definition) is 7. The molecule has 0 aromatic heterocycles. The van der Waals surface area contributed by atoms with Gasteiger partial charge in [0.05, 0.1) is 49.7 Å². The number of methoxy groups -OCH3 is 1. The predicted molar refractivity (Wildman–Crippen MR) is 106 cm³/mol. The zero-order chi connectivity index (χ0) is 20.7. The highest BCUT2D eigenvalue weighted by Gasteiger charge is 2.38. The van der Waals surface area contributed by atoms with E-state index in [1.165, 1.54) is 7.11 Å². The third-order valence-corrected chi connectivity index (χ3v) is 4.51. The van der Waals surface area contributed by atoms with Gasteiger partial charge in [-0.05, 0) is 31.5 Å². The molecule has 28 heavy (non-hydrogen) atoms. The molecular weight excluding hydrogens is 384 g/mol. The van der Waals surface area contributed by atoms with E-state index in [1.54, 1.807) is 38.1 Å². The molecule has 1 aliphatic heterocycles. The number of ether oxygens (including phenoxy) is 3. The van der Waals surface area contributed by atoms with Crippen LogP contribution in [0.2, 0.25) is 5.02 Å². The maximum atomic E-state index is 12.9. The monoisotopic (exact) mass is 408 g/mol. The Morgan fingerprint density at radius 3 is 2.43 bits per heavy atom. The van der Waals surface area contributed by atoms with Gasteiger partial charge in [0.15, 0.2) is 0 Å². The van der Waals surface area contributed by atoms with Crippen molar-refractivity contribution in [2.45, 2.75) is 19.8 Å². The summed E-state index contributed by atoms with van der Waals surface area (Å²) in [6.07, 6.45) is 0. The van der Waals surface area contributed by atoms with Crippen molar-refractivity contribution in [2.75, 3.05) is 33.5 Å². The van der Waals surface area contributed by atoms with Crippen molar-refractivity contribution in [1.82, 2.24) is 5.32 Å². The van der Waals surface area contributed by atoms with Crippen molar-refractivity contribution in [3.05, 3.63) is 57.4 Å². The van der Waals surface area contributed by atoms with E-state index in [0.717, 1.165) is 0 Å². The lowest BCUT2D eigenvalue weighted by Crippen LogP contribution is -2.35. The molecule has 0 saturated heterocycles. The van der Waals surface area contributed by atoms with Gasteiger partial charge < -0.3 is 25.3 Å². The van der Waals surface area contributed by atoms with E-state index in [2.05, 4.69) is 5.32 Å². The number of allylic oxidation sites excluding steroid dienone is 1. The van der Waals surface area contributed by atoms with Crippen molar-refractivity contribution in [3.8, 4) is 0 Å². The van der Waals surface area contributed by atoms with Crippen LogP contribution >= 0.6 is 11.6 Å². The SMILES string of the molecule is CCOC(=O)C1=C(COCCN)NC(C)=C(C(=O)OC)C1c1ccc(Cl)cc1. The second-order valence-electron chi connectivity index (χ2n) is 6.09. The summed E-state index contributed by atoms with van der Waals surface area (Å²) in [7, 11) is 1.30. The zero-order valence-corrected chi connectivity index (χ0v) is 17.0. The summed E-state index contributed by atoms with van der Waals surface area (Å²) in [6.45, 7) is 4.48. The Morgan fingerprint density at radius 2 is 1.86 bits per heavy atom. The summed E-state index contributed by atoms with van der Waals surface area (Å²) in [5.74, 6) is -1.75. The Kier molecular flexibility index (Phi) is 8.04. The maximum absolute atomic E-state index is 12.9. The first-order chi connectivity index (χ1) is 13.4. The number of nitrogens with one attached hydrogen (secondary N) is 1. The van der Waals surface area contributed by atoms with Crippen molar-refractivity contribution in [1.29, 1.82) is 0 Å². The summed E-state index contributed by atoms with van der Waals surface area (Å²) < 4.78 is 15.8. The lowest BCUT2D eigenvalue weighted by Gasteiger charge is -2.31. The van der Waals surface area contributed by atoms with Gasteiger partial charge >= 0.3 is 11.9 Å². The molecule has 1 aliphatic rings. The van der Waals surface area contributed by atoms with Gasteiger partial charge in [-0.2, -0.15) is 0 Å². The number of esters is 2. The number of carbonyl (C=O) groups is 2. The lowest BCUT2D eigenvalue weighted by molar-refractivity contribution is -0.139. The smallest absolute Gasteiger partial charge is 0.336 e. The van der Waals surface area contributed by atoms with Gasteiger partial charge in [0.1, 0.15) is 0 Å². The first-order valence-electron chi connectivity index (χ1n) is 8.94. The summed E-state index contributed by atoms with van der Waals surface area (Å²) in [5, 5.41) is 3.65. The average molecular weight is 409 g/mol. The molecule has 2 rings (SSSR count). The number of nitrogens with two attached hydrogens (primary N) is 1. The minimum absolute atomic E-state index is 0.126. The van der Waals surface area contributed by atoms with E-state index < -0.39 is 17.9 Å². The first kappa shape index (κ1) is 21.9. The minimum atomic E-state index is -0.679. The van der Waals surface area contributed by atoms with Crippen LogP contribution in [0.15, 0.2) is 46.8 Å². The second kappa shape index (κ2) is 10.3. The highest BCUT2D eigenvalue weighted by atomic mass is 35.5. The van der Waals surface area contributed by atoms with Gasteiger partial charge in [-0.25, -0.2) is 9.59 Å². The number of hydrogen-bond donors (Lipinski definition) is 2. The lowest BCUT2D eigenvalue weighted by atomic mass is 9.80. The molecule has 0 amide bonds. The van der Waals surface area contributed by atoms with Crippen LogP contribution in [-0.4, -0.2) is 45.4 Å². The van der Waals surface area contributed by atoms with Crippen molar-refractivity contribution in [3.63, 3.8) is 0 Å². The van der Waals surface area contributed by atoms with E-state index in [9.17, 15) is 9.59 Å². The molecule has 7 nitrogen and oxygen atoms in total. The van der Waals surface area contributed by atoms with Crippen LogP contribution in [0.1, 0.15) is 25.3 Å². The number of benzene rings is 1. The highest BCUT2D eigenvalue weighted by molar-refractivity contribution is 6.30. The predicted octanol–water partition coefficient (Wildman–Crippen LogP) is 2.27. The second-order valence-corrected chi connectivity index (χ2v) is 6.53. The number of halogens is 1. The summed E-state index contributed by atoms with van der Waals surface area (Å²) >= 11 is 6.02. The Labute approximate surface area is 169 Å². The van der Waals surface area contributed by atoms with Crippen molar-refractivity contribution in [2.24, 2.45) is 5.73 Å². The normalized spacial score (nSPS) is 16.7. The van der Waals surface area contributed by atoms with Gasteiger partial charge in [-0.3, -0.25) is 0 Å². The highest BCUT2D eigenvalue weighted by Crippen LogP contribution is 2.39. The van der Waals surface area contributed by atoms with Crippen LogP contribution in [0.3, 0.4) is 0 Å².